The Kier molecular flexibility index (Phi) is 2.78. The monoisotopic (exact) mass is 210 g/mol. The number of hydrogen-bond acceptors (Lipinski definition) is 4. The summed E-state index contributed by atoms with van der Waals surface area (Å²) in [4.78, 5) is 25.2. The van der Waals surface area contributed by atoms with Crippen molar-refractivity contribution in [1.82, 2.24) is 9.55 Å². The molecule has 0 bridgehead atoms. The van der Waals surface area contributed by atoms with Crippen LogP contribution < -0.4 is 17.0 Å². The fraction of sp³-hybridized carbons (Fsp3) is 0.444. The molecule has 1 rings (SSSR count). The molecule has 0 amide bonds. The lowest BCUT2D eigenvalue weighted by Crippen LogP contribution is -2.38. The van der Waals surface area contributed by atoms with Crippen LogP contribution in [0, 0.1) is 11.3 Å². The number of aromatic nitrogens is 2. The maximum absolute atomic E-state index is 11.7. The molecule has 82 valence electrons. The number of nitrogens with one attached hydrogen (secondary N) is 2. The highest BCUT2D eigenvalue weighted by Crippen LogP contribution is 2.07. The molecular formula is C9H14N4O2. The van der Waals surface area contributed by atoms with E-state index in [-0.39, 0.29) is 23.0 Å². The fourth-order valence-corrected chi connectivity index (χ4v) is 1.19. The highest BCUT2D eigenvalue weighted by Gasteiger charge is 2.16. The van der Waals surface area contributed by atoms with Gasteiger partial charge in [-0.2, -0.15) is 0 Å². The van der Waals surface area contributed by atoms with Crippen LogP contribution >= 0.6 is 0 Å². The summed E-state index contributed by atoms with van der Waals surface area (Å²) >= 11 is 0. The lowest BCUT2D eigenvalue weighted by atomic mass is 10.0. The first-order valence-corrected chi connectivity index (χ1v) is 4.53. The van der Waals surface area contributed by atoms with Crippen molar-refractivity contribution in [1.29, 1.82) is 5.41 Å². The second kappa shape index (κ2) is 3.72. The molecule has 0 aliphatic heterocycles. The summed E-state index contributed by atoms with van der Waals surface area (Å²) in [5.74, 6) is -0.160. The van der Waals surface area contributed by atoms with Crippen molar-refractivity contribution in [3.05, 3.63) is 26.4 Å². The molecule has 0 aromatic carbocycles. The molecule has 1 aromatic rings. The highest BCUT2D eigenvalue weighted by atomic mass is 16.2. The molecule has 6 nitrogen and oxygen atoms in total. The Morgan fingerprint density at radius 3 is 2.47 bits per heavy atom. The molecule has 6 heteroatoms. The molecule has 0 saturated heterocycles. The Bertz CT molecular complexity index is 510. The van der Waals surface area contributed by atoms with E-state index < -0.39 is 11.2 Å². The molecule has 0 spiro atoms. The van der Waals surface area contributed by atoms with Crippen molar-refractivity contribution in [3.63, 3.8) is 0 Å². The van der Waals surface area contributed by atoms with Crippen LogP contribution in [0.5, 0.6) is 0 Å². The summed E-state index contributed by atoms with van der Waals surface area (Å²) in [5, 5.41) is 7.72. The number of nitrogens with zero attached hydrogens (tertiary/aromatic N) is 1. The van der Waals surface area contributed by atoms with E-state index in [0.29, 0.717) is 0 Å². The van der Waals surface area contributed by atoms with Crippen molar-refractivity contribution < 1.29 is 0 Å². The molecular weight excluding hydrogens is 196 g/mol. The first-order valence-electron chi connectivity index (χ1n) is 4.53. The fourth-order valence-electron chi connectivity index (χ4n) is 1.19. The molecule has 1 aromatic heterocycles. The SMILES string of the molecule is CC(C)C(=N)c1c(N)[nH]c(=O)n(C)c1=O. The van der Waals surface area contributed by atoms with Gasteiger partial charge in [-0.05, 0) is 5.92 Å². The van der Waals surface area contributed by atoms with Crippen LogP contribution in [0.2, 0.25) is 0 Å². The number of aromatic amines is 1. The Morgan fingerprint density at radius 1 is 1.47 bits per heavy atom. The van der Waals surface area contributed by atoms with E-state index >= 15 is 0 Å². The molecule has 0 aliphatic rings. The van der Waals surface area contributed by atoms with Crippen molar-refractivity contribution in [2.75, 3.05) is 5.73 Å². The van der Waals surface area contributed by atoms with E-state index in [9.17, 15) is 9.59 Å². The third kappa shape index (κ3) is 1.83. The van der Waals surface area contributed by atoms with Crippen LogP contribution in [0.4, 0.5) is 5.82 Å². The number of anilines is 1. The summed E-state index contributed by atoms with van der Waals surface area (Å²) < 4.78 is 0.905. The average molecular weight is 210 g/mol. The molecule has 0 atom stereocenters. The van der Waals surface area contributed by atoms with Gasteiger partial charge in [-0.15, -0.1) is 0 Å². The number of nitrogen functional groups attached to an aromatic ring is 1. The molecule has 0 aliphatic carbocycles. The maximum Gasteiger partial charge on any atom is 0.329 e. The van der Waals surface area contributed by atoms with Crippen LogP contribution in [0.1, 0.15) is 19.4 Å². The van der Waals surface area contributed by atoms with E-state index in [4.69, 9.17) is 11.1 Å². The van der Waals surface area contributed by atoms with Gasteiger partial charge in [0.2, 0.25) is 0 Å². The van der Waals surface area contributed by atoms with Gasteiger partial charge in [0.25, 0.3) is 5.56 Å². The van der Waals surface area contributed by atoms with E-state index in [1.807, 2.05) is 0 Å². The van der Waals surface area contributed by atoms with Gasteiger partial charge in [-0.3, -0.25) is 14.3 Å². The minimum absolute atomic E-state index is 0.0400. The maximum atomic E-state index is 11.7. The topological polar surface area (TPSA) is 105 Å². The molecule has 4 N–H and O–H groups in total. The van der Waals surface area contributed by atoms with Crippen LogP contribution in [0.3, 0.4) is 0 Å². The molecule has 0 radical (unpaired) electrons. The predicted molar refractivity (Wildman–Crippen MR) is 58.4 cm³/mol. The predicted octanol–water partition coefficient (Wildman–Crippen LogP) is -0.320. The van der Waals surface area contributed by atoms with Crippen LogP contribution in [0.25, 0.3) is 0 Å². The third-order valence-electron chi connectivity index (χ3n) is 2.18. The minimum atomic E-state index is -0.571. The van der Waals surface area contributed by atoms with Crippen molar-refractivity contribution >= 4 is 11.5 Å². The second-order valence-corrected chi connectivity index (χ2v) is 3.65. The molecule has 1 heterocycles. The van der Waals surface area contributed by atoms with Gasteiger partial charge in [-0.25, -0.2) is 4.79 Å². The molecule has 0 saturated carbocycles. The zero-order valence-electron chi connectivity index (χ0n) is 8.92. The summed E-state index contributed by atoms with van der Waals surface area (Å²) in [5.41, 5.74) is 4.62. The quantitative estimate of drug-likeness (QED) is 0.582. The third-order valence-corrected chi connectivity index (χ3v) is 2.18. The van der Waals surface area contributed by atoms with Crippen molar-refractivity contribution in [3.8, 4) is 0 Å². The standard InChI is InChI=1S/C9H14N4O2/c1-4(2)6(10)5-7(11)12-9(15)13(3)8(5)14/h4,10H,11H2,1-3H3,(H,12,15). The van der Waals surface area contributed by atoms with Crippen molar-refractivity contribution in [2.24, 2.45) is 13.0 Å². The summed E-state index contributed by atoms with van der Waals surface area (Å²) in [6, 6.07) is 0. The zero-order chi connectivity index (χ0) is 11.7. The lowest BCUT2D eigenvalue weighted by molar-refractivity contribution is 0.770. The normalized spacial score (nSPS) is 10.7. The van der Waals surface area contributed by atoms with E-state index in [2.05, 4.69) is 4.98 Å². The molecule has 0 unspecified atom stereocenters. The van der Waals surface area contributed by atoms with E-state index in [0.717, 1.165) is 4.57 Å². The Balaban J connectivity index is 3.57. The smallest absolute Gasteiger partial charge is 0.329 e. The highest BCUT2D eigenvalue weighted by molar-refractivity contribution is 6.02. The van der Waals surface area contributed by atoms with Gasteiger partial charge >= 0.3 is 5.69 Å². The van der Waals surface area contributed by atoms with Crippen LogP contribution in [0.15, 0.2) is 9.59 Å². The second-order valence-electron chi connectivity index (χ2n) is 3.65. The van der Waals surface area contributed by atoms with E-state index in [1.165, 1.54) is 7.05 Å². The summed E-state index contributed by atoms with van der Waals surface area (Å²) in [6.07, 6.45) is 0. The van der Waals surface area contributed by atoms with Crippen LogP contribution in [-0.2, 0) is 7.05 Å². The number of rotatable bonds is 2. The average Bonchev–Trinajstić information content (AvgIpc) is 2.14. The Labute approximate surface area is 86.3 Å². The number of H-pyrrole nitrogens is 1. The van der Waals surface area contributed by atoms with Gasteiger partial charge in [0.15, 0.2) is 0 Å². The number of hydrogen-bond donors (Lipinski definition) is 3. The number of nitrogens with two attached hydrogens (primary N) is 1. The lowest BCUT2D eigenvalue weighted by Gasteiger charge is -2.10. The van der Waals surface area contributed by atoms with Gasteiger partial charge < -0.3 is 11.1 Å². The summed E-state index contributed by atoms with van der Waals surface area (Å²) in [7, 11) is 1.34. The van der Waals surface area contributed by atoms with Gasteiger partial charge in [0.1, 0.15) is 11.4 Å². The molecule has 15 heavy (non-hydrogen) atoms. The molecule has 0 fully saturated rings. The Hall–Kier alpha value is -1.85. The zero-order valence-corrected chi connectivity index (χ0v) is 8.92. The largest absolute Gasteiger partial charge is 0.384 e. The van der Waals surface area contributed by atoms with Crippen molar-refractivity contribution in [2.45, 2.75) is 13.8 Å². The van der Waals surface area contributed by atoms with Crippen LogP contribution in [-0.4, -0.2) is 15.3 Å². The van der Waals surface area contributed by atoms with Gasteiger partial charge in [-0.1, -0.05) is 13.8 Å². The van der Waals surface area contributed by atoms with Gasteiger partial charge in [0.05, 0.1) is 5.71 Å². The first-order chi connectivity index (χ1) is 6.86. The summed E-state index contributed by atoms with van der Waals surface area (Å²) in [6.45, 7) is 3.57. The minimum Gasteiger partial charge on any atom is -0.384 e. The first kappa shape index (κ1) is 11.2. The van der Waals surface area contributed by atoms with Gasteiger partial charge in [0, 0.05) is 7.05 Å². The van der Waals surface area contributed by atoms with E-state index in [1.54, 1.807) is 13.8 Å². The Morgan fingerprint density at radius 2 is 2.00 bits per heavy atom.